The van der Waals surface area contributed by atoms with Crippen LogP contribution in [0.4, 0.5) is 8.78 Å². The van der Waals surface area contributed by atoms with Crippen LogP contribution in [-0.2, 0) is 9.47 Å². The van der Waals surface area contributed by atoms with Crippen LogP contribution in [0.2, 0.25) is 0 Å². The fraction of sp³-hybridized carbons (Fsp3) is 0.429. The lowest BCUT2D eigenvalue weighted by molar-refractivity contribution is -0.189. The number of thioether (sulfide) groups is 1. The van der Waals surface area contributed by atoms with E-state index in [4.69, 9.17) is 9.47 Å². The van der Waals surface area contributed by atoms with Crippen molar-refractivity contribution in [3.05, 3.63) is 72.6 Å². The minimum atomic E-state index is -1.51. The first-order chi connectivity index (χ1) is 21.7. The first-order valence-electron chi connectivity index (χ1n) is 13.9. The number of aliphatic hydroxyl groups is 6. The smallest absolute Gasteiger partial charge is 0.134 e. The number of aromatic nitrogens is 6. The molecule has 4 heterocycles. The van der Waals surface area contributed by atoms with Crippen molar-refractivity contribution in [1.29, 1.82) is 0 Å². The van der Waals surface area contributed by atoms with E-state index in [0.29, 0.717) is 11.1 Å². The summed E-state index contributed by atoms with van der Waals surface area (Å²) in [6.45, 7) is -1.27. The van der Waals surface area contributed by atoms with Crippen LogP contribution >= 0.6 is 11.8 Å². The molecule has 0 bridgehead atoms. The predicted octanol–water partition coefficient (Wildman–Crippen LogP) is -0.125. The number of ether oxygens (including phenoxy) is 2. The number of halogens is 2. The van der Waals surface area contributed by atoms with Crippen molar-refractivity contribution in [3.8, 4) is 22.5 Å². The lowest BCUT2D eigenvalue weighted by Gasteiger charge is -2.46. The van der Waals surface area contributed by atoms with Gasteiger partial charge in [-0.05, 0) is 24.3 Å². The number of hydrogen-bond donors (Lipinski definition) is 6. The van der Waals surface area contributed by atoms with Gasteiger partial charge in [-0.2, -0.15) is 0 Å². The lowest BCUT2D eigenvalue weighted by Crippen LogP contribution is -2.58. The quantitative estimate of drug-likeness (QED) is 0.148. The minimum absolute atomic E-state index is 0.268. The van der Waals surface area contributed by atoms with Gasteiger partial charge in [0.05, 0.1) is 25.6 Å². The zero-order valence-corrected chi connectivity index (χ0v) is 24.1. The molecule has 6 unspecified atom stereocenters. The minimum Gasteiger partial charge on any atom is -0.394 e. The van der Waals surface area contributed by atoms with Crippen molar-refractivity contribution >= 4 is 11.8 Å². The van der Waals surface area contributed by atoms with Gasteiger partial charge in [0.15, 0.2) is 0 Å². The molecule has 0 amide bonds. The normalized spacial score (nSPS) is 32.1. The van der Waals surface area contributed by atoms with Gasteiger partial charge >= 0.3 is 0 Å². The summed E-state index contributed by atoms with van der Waals surface area (Å²) >= 11 is 0.796. The number of aliphatic hydroxyl groups excluding tert-OH is 6. The number of nitrogens with zero attached hydrogens (tertiary/aromatic N) is 6. The van der Waals surface area contributed by atoms with Crippen LogP contribution in [0.1, 0.15) is 12.1 Å². The molecule has 0 saturated carbocycles. The van der Waals surface area contributed by atoms with E-state index in [9.17, 15) is 39.4 Å². The third kappa shape index (κ3) is 6.23. The largest absolute Gasteiger partial charge is 0.394 e. The molecule has 240 valence electrons. The predicted molar refractivity (Wildman–Crippen MR) is 152 cm³/mol. The van der Waals surface area contributed by atoms with E-state index in [1.165, 1.54) is 58.2 Å². The van der Waals surface area contributed by atoms with Crippen LogP contribution in [0.3, 0.4) is 0 Å². The SMILES string of the molecule is OCC1O[C@@H](SC2OC(CO)[C@H](O)C(n3cc(-c4cccc(F)c4)nn3)[C@H]2O)C(O)[C@@H](n2cc(-c3cccc(F)c3)nn2)C1O. The Hall–Kier alpha value is -3.39. The molecule has 2 aromatic carbocycles. The van der Waals surface area contributed by atoms with E-state index in [1.54, 1.807) is 12.1 Å². The summed E-state index contributed by atoms with van der Waals surface area (Å²) in [6, 6.07) is 8.88. The van der Waals surface area contributed by atoms with E-state index in [-0.39, 0.29) is 11.4 Å². The highest BCUT2D eigenvalue weighted by Gasteiger charge is 2.51. The fourth-order valence-electron chi connectivity index (χ4n) is 5.52. The molecule has 45 heavy (non-hydrogen) atoms. The van der Waals surface area contributed by atoms with E-state index >= 15 is 0 Å². The monoisotopic (exact) mass is 648 g/mol. The fourth-order valence-corrected chi connectivity index (χ4v) is 6.84. The van der Waals surface area contributed by atoms with Crippen molar-refractivity contribution in [1.82, 2.24) is 30.0 Å². The van der Waals surface area contributed by atoms with Crippen molar-refractivity contribution in [2.75, 3.05) is 13.2 Å². The van der Waals surface area contributed by atoms with Crippen LogP contribution in [0.15, 0.2) is 60.9 Å². The molecule has 2 aliphatic heterocycles. The summed E-state index contributed by atoms with van der Waals surface area (Å²) in [5.74, 6) is -0.978. The molecule has 0 radical (unpaired) electrons. The van der Waals surface area contributed by atoms with Gasteiger partial charge in [-0.15, -0.1) is 10.2 Å². The first-order valence-corrected chi connectivity index (χ1v) is 14.9. The van der Waals surface area contributed by atoms with Gasteiger partial charge in [0.25, 0.3) is 0 Å². The molecular weight excluding hydrogens is 618 g/mol. The maximum Gasteiger partial charge on any atom is 0.134 e. The highest BCUT2D eigenvalue weighted by Crippen LogP contribution is 2.42. The number of benzene rings is 2. The standard InChI is InChI=1S/C28H30F2N6O8S/c29-15-5-1-3-13(7-15)17-9-35(33-31-17)21-23(39)19(11-37)43-27(25(21)41)45-28-26(42)22(24(40)20(12-38)44-28)36-10-18(32-34-36)14-4-2-6-16(30)8-14/h1-10,19-28,37-42H,11-12H2/t19?,20?,21-,22?,23?,24-,25?,26+,27-,28?/m0/s1. The Balaban J connectivity index is 1.25. The highest BCUT2D eigenvalue weighted by atomic mass is 32.2. The van der Waals surface area contributed by atoms with E-state index in [0.717, 1.165) is 11.8 Å². The molecule has 2 aromatic heterocycles. The van der Waals surface area contributed by atoms with Gasteiger partial charge in [-0.3, -0.25) is 0 Å². The van der Waals surface area contributed by atoms with Crippen LogP contribution < -0.4 is 0 Å². The third-order valence-corrected chi connectivity index (χ3v) is 9.15. The molecule has 6 rings (SSSR count). The summed E-state index contributed by atoms with van der Waals surface area (Å²) in [5, 5.41) is 80.8. The van der Waals surface area contributed by atoms with Crippen molar-refractivity contribution in [2.24, 2.45) is 0 Å². The molecule has 10 atom stereocenters. The molecule has 2 aliphatic rings. The summed E-state index contributed by atoms with van der Waals surface area (Å²) in [6.07, 6.45) is -5.48. The first kappa shape index (κ1) is 31.6. The number of rotatable bonds is 8. The van der Waals surface area contributed by atoms with Crippen molar-refractivity contribution in [3.63, 3.8) is 0 Å². The van der Waals surface area contributed by atoms with Crippen LogP contribution in [-0.4, -0.2) is 121 Å². The summed E-state index contributed by atoms with van der Waals surface area (Å²) in [5.41, 5.74) is -1.10. The zero-order chi connectivity index (χ0) is 31.8. The highest BCUT2D eigenvalue weighted by molar-refractivity contribution is 8.00. The topological polar surface area (TPSA) is 201 Å². The average molecular weight is 649 g/mol. The molecule has 17 heteroatoms. The molecule has 14 nitrogen and oxygen atoms in total. The van der Waals surface area contributed by atoms with Crippen LogP contribution in [0, 0.1) is 11.6 Å². The van der Waals surface area contributed by atoms with E-state index < -0.39 is 84.4 Å². The molecule has 0 aliphatic carbocycles. The molecule has 2 fully saturated rings. The second-order valence-corrected chi connectivity index (χ2v) is 11.9. The van der Waals surface area contributed by atoms with E-state index in [2.05, 4.69) is 20.6 Å². The Kier molecular flexibility index (Phi) is 9.23. The van der Waals surface area contributed by atoms with Crippen LogP contribution in [0.25, 0.3) is 22.5 Å². The Bertz CT molecular complexity index is 1500. The molecule has 2 saturated heterocycles. The van der Waals surface area contributed by atoms with Gasteiger partial charge < -0.3 is 40.1 Å². The molecule has 4 aromatic rings. The van der Waals surface area contributed by atoms with E-state index in [1.807, 2.05) is 0 Å². The second-order valence-electron chi connectivity index (χ2n) is 10.7. The van der Waals surface area contributed by atoms with Gasteiger partial charge in [-0.25, -0.2) is 18.1 Å². The van der Waals surface area contributed by atoms with Gasteiger partial charge in [-0.1, -0.05) is 46.5 Å². The molecular formula is C28H30F2N6O8S. The second kappa shape index (κ2) is 13.1. The Labute approximate surface area is 258 Å². The van der Waals surface area contributed by atoms with Gasteiger partial charge in [0.2, 0.25) is 0 Å². The zero-order valence-electron chi connectivity index (χ0n) is 23.3. The van der Waals surface area contributed by atoms with Gasteiger partial charge in [0, 0.05) is 11.1 Å². The summed E-state index contributed by atoms with van der Waals surface area (Å²) in [4.78, 5) is 0. The Morgan fingerprint density at radius 2 is 1.09 bits per heavy atom. The maximum absolute atomic E-state index is 13.8. The molecule has 6 N–H and O–H groups in total. The third-order valence-electron chi connectivity index (χ3n) is 7.84. The van der Waals surface area contributed by atoms with Crippen molar-refractivity contribution in [2.45, 2.75) is 59.6 Å². The van der Waals surface area contributed by atoms with Gasteiger partial charge in [0.1, 0.15) is 82.6 Å². The molecule has 0 spiro atoms. The Morgan fingerprint density at radius 1 is 0.667 bits per heavy atom. The summed E-state index contributed by atoms with van der Waals surface area (Å²) in [7, 11) is 0. The Morgan fingerprint density at radius 3 is 1.47 bits per heavy atom. The van der Waals surface area contributed by atoms with Crippen molar-refractivity contribution < 1.29 is 48.9 Å². The van der Waals surface area contributed by atoms with Crippen LogP contribution in [0.5, 0.6) is 0 Å². The average Bonchev–Trinajstić information content (AvgIpc) is 3.71. The maximum atomic E-state index is 13.8. The lowest BCUT2D eigenvalue weighted by atomic mass is 9.97. The summed E-state index contributed by atoms with van der Waals surface area (Å²) < 4.78 is 41.5. The number of hydrogen-bond acceptors (Lipinski definition) is 13.